The number of imidazole rings is 1. The number of carbonyl (C=O) groups excluding carboxylic acids is 2. The molecule has 0 atom stereocenters. The second-order valence-electron chi connectivity index (χ2n) is 9.77. The van der Waals surface area contributed by atoms with Crippen molar-refractivity contribution in [2.24, 2.45) is 0 Å². The van der Waals surface area contributed by atoms with Crippen molar-refractivity contribution in [2.45, 2.75) is 0 Å². The molecule has 0 saturated heterocycles. The van der Waals surface area contributed by atoms with Crippen LogP contribution in [-0.2, 0) is 0 Å². The molecule has 0 aliphatic heterocycles. The second-order valence-corrected chi connectivity index (χ2v) is 9.77. The Labute approximate surface area is 268 Å². The van der Waals surface area contributed by atoms with E-state index < -0.39 is 0 Å². The van der Waals surface area contributed by atoms with Crippen LogP contribution in [0.25, 0.3) is 28.2 Å². The third kappa shape index (κ3) is 7.27. The van der Waals surface area contributed by atoms with E-state index in [0.717, 1.165) is 5.52 Å². The van der Waals surface area contributed by atoms with Gasteiger partial charge < -0.3 is 20.4 Å². The molecule has 7 aromatic rings. The number of hydrogen-bond acceptors (Lipinski definition) is 10. The lowest BCUT2D eigenvalue weighted by Crippen LogP contribution is -2.04. The molecule has 11 heteroatoms. The van der Waals surface area contributed by atoms with Crippen LogP contribution >= 0.6 is 0 Å². The number of hydrogen-bond donors (Lipinski definition) is 4. The smallest absolute Gasteiger partial charge is 0.216 e. The Kier molecular flexibility index (Phi) is 9.89. The molecule has 4 N–H and O–H groups in total. The average Bonchev–Trinajstić information content (AvgIpc) is 3.49. The van der Waals surface area contributed by atoms with Crippen LogP contribution in [0, 0.1) is 0 Å². The van der Waals surface area contributed by atoms with Gasteiger partial charge in [0, 0.05) is 18.0 Å². The van der Waals surface area contributed by atoms with Crippen LogP contribution in [0.5, 0.6) is 23.0 Å². The number of fused-ring (bicyclic) bond motifs is 1. The number of para-hydroxylation sites is 4. The fraction of sp³-hybridized carbons (Fsp3) is 0. The summed E-state index contributed by atoms with van der Waals surface area (Å²) in [7, 11) is 0. The maximum Gasteiger partial charge on any atom is 0.216 e. The van der Waals surface area contributed by atoms with E-state index in [9.17, 15) is 24.9 Å². The van der Waals surface area contributed by atoms with E-state index in [-0.39, 0.29) is 40.0 Å². The minimum atomic E-state index is -0.332. The maximum atomic E-state index is 11.8. The molecule has 0 aliphatic rings. The van der Waals surface area contributed by atoms with Crippen LogP contribution in [0.15, 0.2) is 134 Å². The van der Waals surface area contributed by atoms with E-state index in [0.29, 0.717) is 34.5 Å². The number of phenolic OH excluding ortho intramolecular Hbond substituents is 4. The molecule has 7 rings (SSSR count). The summed E-state index contributed by atoms with van der Waals surface area (Å²) < 4.78 is 1.66. The van der Waals surface area contributed by atoms with Crippen molar-refractivity contribution < 1.29 is 30.0 Å². The summed E-state index contributed by atoms with van der Waals surface area (Å²) in [6, 6.07) is 33.6. The maximum absolute atomic E-state index is 11.8. The van der Waals surface area contributed by atoms with E-state index in [4.69, 9.17) is 5.11 Å². The van der Waals surface area contributed by atoms with Gasteiger partial charge in [-0.25, -0.2) is 9.50 Å². The number of phenols is 4. The first-order chi connectivity index (χ1) is 22.9. The SMILES string of the molecule is O=C(c1cccnn1)c1ccccc1O.O=Cc1ccccc1O.Oc1ccccc1-c1nc(-c2ccccc2O)n2ncccc12. The molecule has 0 spiro atoms. The van der Waals surface area contributed by atoms with Crippen LogP contribution in [0.1, 0.15) is 26.4 Å². The number of aromatic nitrogens is 5. The molecule has 0 fully saturated rings. The first-order valence-corrected chi connectivity index (χ1v) is 14.1. The van der Waals surface area contributed by atoms with Crippen molar-refractivity contribution in [1.82, 2.24) is 24.8 Å². The summed E-state index contributed by atoms with van der Waals surface area (Å²) in [5.74, 6) is 0.466. The molecule has 3 heterocycles. The Balaban J connectivity index is 0.000000155. The molecular formula is C36H27N5O6. The number of rotatable bonds is 5. The summed E-state index contributed by atoms with van der Waals surface area (Å²) in [6.07, 6.45) is 3.77. The largest absolute Gasteiger partial charge is 0.507 e. The number of aromatic hydroxyl groups is 4. The fourth-order valence-electron chi connectivity index (χ4n) is 4.45. The Bertz CT molecular complexity index is 2070. The van der Waals surface area contributed by atoms with Crippen molar-refractivity contribution in [3.05, 3.63) is 151 Å². The van der Waals surface area contributed by atoms with E-state index in [1.807, 2.05) is 24.3 Å². The number of nitrogens with zero attached hydrogens (tertiary/aromatic N) is 5. The molecule has 0 amide bonds. The van der Waals surface area contributed by atoms with Crippen molar-refractivity contribution in [1.29, 1.82) is 0 Å². The second kappa shape index (κ2) is 14.7. The number of carbonyl (C=O) groups is 2. The minimum absolute atomic E-state index is 0.0347. The standard InChI is InChI=1S/C18H13N3O2.C11H8N2O2.C7H6O2/c22-15-9-3-1-6-12(15)17-14-8-5-11-19-21(14)18(20-17)13-7-2-4-10-16(13)23;14-10-6-2-1-4-8(10)11(15)9-5-3-7-12-13-9;8-5-6-3-1-2-4-7(6)9/h1-11,22-23H;1-7,14H;1-5,9H. The zero-order valence-electron chi connectivity index (χ0n) is 24.6. The predicted octanol–water partition coefficient (Wildman–Crippen LogP) is 6.09. The lowest BCUT2D eigenvalue weighted by molar-refractivity contribution is 0.103. The molecular weight excluding hydrogens is 598 g/mol. The third-order valence-electron chi connectivity index (χ3n) is 6.73. The summed E-state index contributed by atoms with van der Waals surface area (Å²) in [4.78, 5) is 26.5. The predicted molar refractivity (Wildman–Crippen MR) is 174 cm³/mol. The summed E-state index contributed by atoms with van der Waals surface area (Å²) in [5, 5.41) is 50.2. The van der Waals surface area contributed by atoms with Gasteiger partial charge in [0.05, 0.1) is 22.2 Å². The third-order valence-corrected chi connectivity index (χ3v) is 6.73. The van der Waals surface area contributed by atoms with Gasteiger partial charge in [-0.15, -0.1) is 5.10 Å². The van der Waals surface area contributed by atoms with Crippen LogP contribution in [-0.4, -0.2) is 57.3 Å². The number of benzene rings is 4. The van der Waals surface area contributed by atoms with Gasteiger partial charge in [-0.1, -0.05) is 48.5 Å². The van der Waals surface area contributed by atoms with Crippen molar-refractivity contribution in [3.63, 3.8) is 0 Å². The van der Waals surface area contributed by atoms with Crippen LogP contribution < -0.4 is 0 Å². The molecule has 0 bridgehead atoms. The highest BCUT2D eigenvalue weighted by Crippen LogP contribution is 2.35. The van der Waals surface area contributed by atoms with Crippen LogP contribution in [0.2, 0.25) is 0 Å². The Morgan fingerprint density at radius 2 is 1.21 bits per heavy atom. The first kappa shape index (κ1) is 31.5. The Hall–Kier alpha value is -6.88. The minimum Gasteiger partial charge on any atom is -0.507 e. The van der Waals surface area contributed by atoms with Gasteiger partial charge in [0.25, 0.3) is 0 Å². The summed E-state index contributed by atoms with van der Waals surface area (Å²) in [6.45, 7) is 0. The van der Waals surface area contributed by atoms with Gasteiger partial charge in [-0.05, 0) is 72.8 Å². The van der Waals surface area contributed by atoms with Gasteiger partial charge in [0.2, 0.25) is 5.78 Å². The highest BCUT2D eigenvalue weighted by molar-refractivity contribution is 6.09. The van der Waals surface area contributed by atoms with Crippen molar-refractivity contribution in [2.75, 3.05) is 0 Å². The Morgan fingerprint density at radius 1 is 0.617 bits per heavy atom. The molecule has 4 aromatic carbocycles. The lowest BCUT2D eigenvalue weighted by atomic mass is 10.1. The Morgan fingerprint density at radius 3 is 1.81 bits per heavy atom. The van der Waals surface area contributed by atoms with Gasteiger partial charge in [0.1, 0.15) is 34.4 Å². The fourth-order valence-corrected chi connectivity index (χ4v) is 4.45. The highest BCUT2D eigenvalue weighted by Gasteiger charge is 2.18. The lowest BCUT2D eigenvalue weighted by Gasteiger charge is -2.02. The summed E-state index contributed by atoms with van der Waals surface area (Å²) in [5.41, 5.74) is 3.37. The zero-order chi connectivity index (χ0) is 33.2. The van der Waals surface area contributed by atoms with E-state index in [1.54, 1.807) is 95.6 Å². The van der Waals surface area contributed by atoms with Gasteiger partial charge >= 0.3 is 0 Å². The van der Waals surface area contributed by atoms with Crippen molar-refractivity contribution in [3.8, 4) is 45.6 Å². The number of ketones is 1. The van der Waals surface area contributed by atoms with Gasteiger partial charge in [-0.3, -0.25) is 9.59 Å². The van der Waals surface area contributed by atoms with Crippen LogP contribution in [0.4, 0.5) is 0 Å². The van der Waals surface area contributed by atoms with Gasteiger partial charge in [0.15, 0.2) is 12.1 Å². The van der Waals surface area contributed by atoms with Crippen LogP contribution in [0.3, 0.4) is 0 Å². The molecule has 11 nitrogen and oxygen atoms in total. The normalized spacial score (nSPS) is 10.2. The quantitative estimate of drug-likeness (QED) is 0.130. The zero-order valence-corrected chi connectivity index (χ0v) is 24.6. The van der Waals surface area contributed by atoms with E-state index >= 15 is 0 Å². The average molecular weight is 626 g/mol. The molecule has 0 unspecified atom stereocenters. The van der Waals surface area contributed by atoms with E-state index in [1.165, 1.54) is 18.3 Å². The number of aldehydes is 1. The molecule has 0 saturated carbocycles. The monoisotopic (exact) mass is 625 g/mol. The molecule has 47 heavy (non-hydrogen) atoms. The summed E-state index contributed by atoms with van der Waals surface area (Å²) >= 11 is 0. The highest BCUT2D eigenvalue weighted by atomic mass is 16.3. The van der Waals surface area contributed by atoms with E-state index in [2.05, 4.69) is 20.3 Å². The van der Waals surface area contributed by atoms with Crippen molar-refractivity contribution >= 4 is 17.6 Å². The molecule has 0 radical (unpaired) electrons. The first-order valence-electron chi connectivity index (χ1n) is 14.1. The van der Waals surface area contributed by atoms with Gasteiger partial charge in [-0.2, -0.15) is 10.2 Å². The molecule has 3 aromatic heterocycles. The topological polar surface area (TPSA) is 171 Å². The molecule has 0 aliphatic carbocycles. The molecule has 232 valence electrons.